The van der Waals surface area contributed by atoms with E-state index in [-0.39, 0.29) is 5.56 Å². The average Bonchev–Trinajstić information content (AvgIpc) is 2.83. The van der Waals surface area contributed by atoms with E-state index in [0.717, 1.165) is 22.3 Å². The maximum Gasteiger partial charge on any atom is 0.295 e. The van der Waals surface area contributed by atoms with Gasteiger partial charge in [-0.3, -0.25) is 9.89 Å². The monoisotopic (exact) mass is 254 g/mol. The van der Waals surface area contributed by atoms with E-state index in [2.05, 4.69) is 15.3 Å². The van der Waals surface area contributed by atoms with E-state index in [9.17, 15) is 4.79 Å². The molecule has 0 aliphatic carbocycles. The Balaban J connectivity index is 2.44. The van der Waals surface area contributed by atoms with E-state index in [4.69, 9.17) is 0 Å². The summed E-state index contributed by atoms with van der Waals surface area (Å²) in [6, 6.07) is 9.84. The third-order valence-corrected chi connectivity index (χ3v) is 3.19. The number of benzene rings is 1. The number of H-pyrrole nitrogens is 1. The number of rotatable bonds is 2. The van der Waals surface area contributed by atoms with Crippen molar-refractivity contribution < 1.29 is 0 Å². The standard InChI is InChI=1S/C14H14N4O/c1-3-18-14(19)13-11(9(2)15-16-13)12(17-18)10-7-5-4-6-8-10/h4-8H,3H2,1-2H3,(H,15,16). The van der Waals surface area contributed by atoms with Crippen LogP contribution in [0.5, 0.6) is 0 Å². The molecule has 0 aliphatic rings. The quantitative estimate of drug-likeness (QED) is 0.761. The number of nitrogens with zero attached hydrogens (tertiary/aromatic N) is 3. The molecule has 0 spiro atoms. The van der Waals surface area contributed by atoms with Gasteiger partial charge in [-0.05, 0) is 13.8 Å². The normalized spacial score (nSPS) is 11.1. The van der Waals surface area contributed by atoms with E-state index in [0.29, 0.717) is 12.1 Å². The van der Waals surface area contributed by atoms with E-state index >= 15 is 0 Å². The molecule has 1 aromatic carbocycles. The predicted molar refractivity (Wildman–Crippen MR) is 74.0 cm³/mol. The molecule has 0 aliphatic heterocycles. The van der Waals surface area contributed by atoms with Gasteiger partial charge in [0, 0.05) is 17.8 Å². The third kappa shape index (κ3) is 1.74. The van der Waals surface area contributed by atoms with Crippen molar-refractivity contribution in [1.82, 2.24) is 20.0 Å². The summed E-state index contributed by atoms with van der Waals surface area (Å²) in [4.78, 5) is 12.2. The molecule has 3 aromatic rings. The number of aromatic nitrogens is 4. The molecule has 0 saturated heterocycles. The van der Waals surface area contributed by atoms with Crippen LogP contribution in [0.1, 0.15) is 12.6 Å². The Bertz CT molecular complexity index is 786. The van der Waals surface area contributed by atoms with Gasteiger partial charge >= 0.3 is 0 Å². The van der Waals surface area contributed by atoms with Gasteiger partial charge in [0.15, 0.2) is 5.52 Å². The summed E-state index contributed by atoms with van der Waals surface area (Å²) in [7, 11) is 0. The van der Waals surface area contributed by atoms with Crippen molar-refractivity contribution in [3.8, 4) is 11.3 Å². The van der Waals surface area contributed by atoms with Crippen LogP contribution >= 0.6 is 0 Å². The minimum Gasteiger partial charge on any atom is -0.281 e. The fraction of sp³-hybridized carbons (Fsp3) is 0.214. The molecule has 2 aromatic heterocycles. The van der Waals surface area contributed by atoms with Crippen molar-refractivity contribution in [3.05, 3.63) is 46.4 Å². The zero-order valence-electron chi connectivity index (χ0n) is 10.8. The molecule has 3 rings (SSSR count). The van der Waals surface area contributed by atoms with Crippen LogP contribution in [-0.2, 0) is 6.54 Å². The fourth-order valence-electron chi connectivity index (χ4n) is 2.22. The number of fused-ring (bicyclic) bond motifs is 1. The van der Waals surface area contributed by atoms with Crippen LogP contribution in [0.3, 0.4) is 0 Å². The first-order valence-electron chi connectivity index (χ1n) is 6.23. The minimum absolute atomic E-state index is 0.151. The topological polar surface area (TPSA) is 63.6 Å². The van der Waals surface area contributed by atoms with Crippen molar-refractivity contribution in [3.63, 3.8) is 0 Å². The van der Waals surface area contributed by atoms with Crippen LogP contribution in [0, 0.1) is 6.92 Å². The highest BCUT2D eigenvalue weighted by molar-refractivity contribution is 5.93. The second kappa shape index (κ2) is 4.35. The van der Waals surface area contributed by atoms with Gasteiger partial charge in [-0.15, -0.1) is 0 Å². The molecular formula is C14H14N4O. The molecule has 1 N–H and O–H groups in total. The maximum absolute atomic E-state index is 12.2. The highest BCUT2D eigenvalue weighted by atomic mass is 16.1. The summed E-state index contributed by atoms with van der Waals surface area (Å²) < 4.78 is 1.45. The van der Waals surface area contributed by atoms with Gasteiger partial charge in [-0.1, -0.05) is 30.3 Å². The smallest absolute Gasteiger partial charge is 0.281 e. The lowest BCUT2D eigenvalue weighted by Gasteiger charge is -2.07. The highest BCUT2D eigenvalue weighted by Gasteiger charge is 2.15. The van der Waals surface area contributed by atoms with Gasteiger partial charge in [-0.2, -0.15) is 10.2 Å². The molecule has 0 fully saturated rings. The Kier molecular flexibility index (Phi) is 2.67. The molecule has 5 heteroatoms. The summed E-state index contributed by atoms with van der Waals surface area (Å²) >= 11 is 0. The molecule has 0 unspecified atom stereocenters. The van der Waals surface area contributed by atoms with Gasteiger partial charge in [0.25, 0.3) is 5.56 Å². The van der Waals surface area contributed by atoms with Crippen molar-refractivity contribution in [2.45, 2.75) is 20.4 Å². The first-order chi connectivity index (χ1) is 9.22. The van der Waals surface area contributed by atoms with E-state index in [1.54, 1.807) is 0 Å². The van der Waals surface area contributed by atoms with Crippen LogP contribution in [0.4, 0.5) is 0 Å². The lowest BCUT2D eigenvalue weighted by Crippen LogP contribution is -2.23. The molecule has 0 radical (unpaired) electrons. The van der Waals surface area contributed by atoms with E-state index in [1.165, 1.54) is 4.68 Å². The number of nitrogens with one attached hydrogen (secondary N) is 1. The van der Waals surface area contributed by atoms with Gasteiger partial charge < -0.3 is 0 Å². The zero-order chi connectivity index (χ0) is 13.4. The summed E-state index contributed by atoms with van der Waals surface area (Å²) in [6.45, 7) is 4.33. The summed E-state index contributed by atoms with van der Waals surface area (Å²) in [5.74, 6) is 0. The minimum atomic E-state index is -0.151. The average molecular weight is 254 g/mol. The lowest BCUT2D eigenvalue weighted by atomic mass is 10.1. The van der Waals surface area contributed by atoms with Crippen LogP contribution < -0.4 is 5.56 Å². The maximum atomic E-state index is 12.2. The summed E-state index contributed by atoms with van der Waals surface area (Å²) in [6.07, 6.45) is 0. The van der Waals surface area contributed by atoms with Crippen molar-refractivity contribution in [1.29, 1.82) is 0 Å². The van der Waals surface area contributed by atoms with Gasteiger partial charge in [0.2, 0.25) is 0 Å². The lowest BCUT2D eigenvalue weighted by molar-refractivity contribution is 0.625. The molecule has 96 valence electrons. The number of hydrogen-bond donors (Lipinski definition) is 1. The summed E-state index contributed by atoms with van der Waals surface area (Å²) in [5.41, 5.74) is 2.94. The number of aromatic amines is 1. The molecule has 2 heterocycles. The number of hydrogen-bond acceptors (Lipinski definition) is 3. The molecular weight excluding hydrogens is 240 g/mol. The first kappa shape index (κ1) is 11.6. The largest absolute Gasteiger partial charge is 0.295 e. The molecule has 0 amide bonds. The Morgan fingerprint density at radius 2 is 2.00 bits per heavy atom. The van der Waals surface area contributed by atoms with Gasteiger partial charge in [0.05, 0.1) is 5.39 Å². The van der Waals surface area contributed by atoms with Crippen molar-refractivity contribution >= 4 is 10.9 Å². The Morgan fingerprint density at radius 1 is 1.26 bits per heavy atom. The molecule has 0 atom stereocenters. The summed E-state index contributed by atoms with van der Waals surface area (Å²) in [5, 5.41) is 12.3. The zero-order valence-corrected chi connectivity index (χ0v) is 10.8. The van der Waals surface area contributed by atoms with Gasteiger partial charge in [0.1, 0.15) is 5.69 Å². The first-order valence-corrected chi connectivity index (χ1v) is 6.23. The Hall–Kier alpha value is -2.43. The SMILES string of the molecule is CCn1nc(-c2ccccc2)c2c(C)[nH]nc2c1=O. The van der Waals surface area contributed by atoms with Crippen LogP contribution in [0.2, 0.25) is 0 Å². The van der Waals surface area contributed by atoms with Crippen LogP contribution in [0.25, 0.3) is 22.2 Å². The predicted octanol–water partition coefficient (Wildman–Crippen LogP) is 2.11. The second-order valence-corrected chi connectivity index (χ2v) is 4.41. The van der Waals surface area contributed by atoms with Crippen molar-refractivity contribution in [2.24, 2.45) is 0 Å². The fourth-order valence-corrected chi connectivity index (χ4v) is 2.22. The molecule has 0 saturated carbocycles. The Morgan fingerprint density at radius 3 is 2.68 bits per heavy atom. The molecule has 5 nitrogen and oxygen atoms in total. The third-order valence-electron chi connectivity index (χ3n) is 3.19. The van der Waals surface area contributed by atoms with Crippen LogP contribution in [-0.4, -0.2) is 20.0 Å². The van der Waals surface area contributed by atoms with E-state index < -0.39 is 0 Å². The van der Waals surface area contributed by atoms with Crippen LogP contribution in [0.15, 0.2) is 35.1 Å². The molecule has 19 heavy (non-hydrogen) atoms. The van der Waals surface area contributed by atoms with Gasteiger partial charge in [-0.25, -0.2) is 4.68 Å². The number of aryl methyl sites for hydroxylation is 2. The molecule has 0 bridgehead atoms. The van der Waals surface area contributed by atoms with E-state index in [1.807, 2.05) is 44.2 Å². The Labute approximate surface area is 109 Å². The second-order valence-electron chi connectivity index (χ2n) is 4.41. The highest BCUT2D eigenvalue weighted by Crippen LogP contribution is 2.25. The van der Waals surface area contributed by atoms with Crippen molar-refractivity contribution in [2.75, 3.05) is 0 Å².